The molecule has 1 N–H and O–H groups in total. The number of hydrogen-bond acceptors (Lipinski definition) is 2. The standard InChI is InChI=1S/C12H17F2NS/c1-3-16-8-12(15-2)6-9-4-10(13)7-11(14)5-9/h4-5,7,12,15H,3,6,8H2,1-2H3. The molecule has 0 amide bonds. The van der Waals surface area contributed by atoms with Gasteiger partial charge in [0.05, 0.1) is 0 Å². The highest BCUT2D eigenvalue weighted by atomic mass is 32.2. The van der Waals surface area contributed by atoms with Crippen LogP contribution in [-0.4, -0.2) is 24.6 Å². The van der Waals surface area contributed by atoms with Gasteiger partial charge in [-0.3, -0.25) is 0 Å². The summed E-state index contributed by atoms with van der Waals surface area (Å²) < 4.78 is 25.9. The summed E-state index contributed by atoms with van der Waals surface area (Å²) in [6.45, 7) is 2.10. The third-order valence-electron chi connectivity index (χ3n) is 2.34. The van der Waals surface area contributed by atoms with Gasteiger partial charge in [0, 0.05) is 17.9 Å². The van der Waals surface area contributed by atoms with E-state index in [1.54, 1.807) is 0 Å². The van der Waals surface area contributed by atoms with Gasteiger partial charge in [-0.1, -0.05) is 6.92 Å². The SMILES string of the molecule is CCSCC(Cc1cc(F)cc(F)c1)NC. The molecule has 0 spiro atoms. The molecule has 1 nitrogen and oxygen atoms in total. The lowest BCUT2D eigenvalue weighted by atomic mass is 10.1. The zero-order chi connectivity index (χ0) is 12.0. The summed E-state index contributed by atoms with van der Waals surface area (Å²) in [4.78, 5) is 0. The Kier molecular flexibility index (Phi) is 5.77. The van der Waals surface area contributed by atoms with E-state index in [1.165, 1.54) is 12.1 Å². The van der Waals surface area contributed by atoms with Crippen LogP contribution in [0.4, 0.5) is 8.78 Å². The second-order valence-electron chi connectivity index (χ2n) is 3.63. The fourth-order valence-corrected chi connectivity index (χ4v) is 2.32. The van der Waals surface area contributed by atoms with Gasteiger partial charge in [-0.25, -0.2) is 8.78 Å². The highest BCUT2D eigenvalue weighted by Gasteiger charge is 2.08. The molecule has 0 aromatic heterocycles. The number of nitrogens with one attached hydrogen (secondary N) is 1. The summed E-state index contributed by atoms with van der Waals surface area (Å²) in [6.07, 6.45) is 0.651. The maximum absolute atomic E-state index is 13.0. The van der Waals surface area contributed by atoms with Crippen molar-refractivity contribution in [2.45, 2.75) is 19.4 Å². The minimum Gasteiger partial charge on any atom is -0.316 e. The van der Waals surface area contributed by atoms with Gasteiger partial charge >= 0.3 is 0 Å². The molecule has 16 heavy (non-hydrogen) atoms. The first-order chi connectivity index (χ1) is 7.65. The molecule has 1 aromatic carbocycles. The van der Waals surface area contributed by atoms with Gasteiger partial charge < -0.3 is 5.32 Å². The molecule has 4 heteroatoms. The molecule has 0 aliphatic carbocycles. The molecule has 0 aliphatic heterocycles. The molecule has 90 valence electrons. The van der Waals surface area contributed by atoms with Crippen molar-refractivity contribution in [3.05, 3.63) is 35.4 Å². The summed E-state index contributed by atoms with van der Waals surface area (Å²) >= 11 is 1.82. The smallest absolute Gasteiger partial charge is 0.126 e. The number of halogens is 2. The quantitative estimate of drug-likeness (QED) is 0.827. The van der Waals surface area contributed by atoms with Gasteiger partial charge in [-0.15, -0.1) is 0 Å². The fourth-order valence-electron chi connectivity index (χ4n) is 1.52. The number of likely N-dealkylation sites (N-methyl/N-ethyl adjacent to an activating group) is 1. The van der Waals surface area contributed by atoms with Crippen molar-refractivity contribution in [1.29, 1.82) is 0 Å². The van der Waals surface area contributed by atoms with Crippen molar-refractivity contribution in [3.63, 3.8) is 0 Å². The molecule has 0 radical (unpaired) electrons. The molecule has 1 atom stereocenters. The van der Waals surface area contributed by atoms with Crippen molar-refractivity contribution >= 4 is 11.8 Å². The van der Waals surface area contributed by atoms with Gasteiger partial charge in [0.15, 0.2) is 0 Å². The van der Waals surface area contributed by atoms with E-state index in [0.717, 1.165) is 17.6 Å². The number of rotatable bonds is 6. The van der Waals surface area contributed by atoms with Crippen LogP contribution in [0.25, 0.3) is 0 Å². The van der Waals surface area contributed by atoms with E-state index in [9.17, 15) is 8.78 Å². The number of thioether (sulfide) groups is 1. The molecule has 1 aromatic rings. The van der Waals surface area contributed by atoms with Crippen LogP contribution in [0.2, 0.25) is 0 Å². The Bertz CT molecular complexity index is 311. The third kappa shape index (κ3) is 4.49. The van der Waals surface area contributed by atoms with Crippen molar-refractivity contribution in [2.24, 2.45) is 0 Å². The van der Waals surface area contributed by atoms with Gasteiger partial charge in [-0.05, 0) is 36.9 Å². The predicted octanol–water partition coefficient (Wildman–Crippen LogP) is 2.85. The van der Waals surface area contributed by atoms with E-state index in [1.807, 2.05) is 18.8 Å². The molecular formula is C12H17F2NS. The Hall–Kier alpha value is -0.610. The summed E-state index contributed by atoms with van der Waals surface area (Å²) in [5.74, 6) is 0.988. The Balaban J connectivity index is 2.62. The van der Waals surface area contributed by atoms with Crippen LogP contribution in [0.5, 0.6) is 0 Å². The lowest BCUT2D eigenvalue weighted by Crippen LogP contribution is -2.30. The van der Waals surface area contributed by atoms with Crippen molar-refractivity contribution in [1.82, 2.24) is 5.32 Å². The Morgan fingerprint density at radius 3 is 2.38 bits per heavy atom. The molecule has 0 aliphatic rings. The van der Waals surface area contributed by atoms with Crippen molar-refractivity contribution in [3.8, 4) is 0 Å². The van der Waals surface area contributed by atoms with E-state index in [-0.39, 0.29) is 6.04 Å². The maximum Gasteiger partial charge on any atom is 0.126 e. The largest absolute Gasteiger partial charge is 0.316 e. The first-order valence-electron chi connectivity index (χ1n) is 5.35. The molecule has 0 bridgehead atoms. The van der Waals surface area contributed by atoms with Crippen LogP contribution in [-0.2, 0) is 6.42 Å². The number of hydrogen-bond donors (Lipinski definition) is 1. The molecule has 0 saturated carbocycles. The Labute approximate surface area is 99.6 Å². The van der Waals surface area contributed by atoms with E-state index >= 15 is 0 Å². The minimum absolute atomic E-state index is 0.256. The van der Waals surface area contributed by atoms with Crippen LogP contribution in [0.15, 0.2) is 18.2 Å². The lowest BCUT2D eigenvalue weighted by molar-refractivity contribution is 0.569. The van der Waals surface area contributed by atoms with Crippen LogP contribution >= 0.6 is 11.8 Å². The maximum atomic E-state index is 13.0. The Morgan fingerprint density at radius 1 is 1.25 bits per heavy atom. The van der Waals surface area contributed by atoms with E-state index in [2.05, 4.69) is 12.2 Å². The van der Waals surface area contributed by atoms with E-state index in [4.69, 9.17) is 0 Å². The molecule has 0 heterocycles. The lowest BCUT2D eigenvalue weighted by Gasteiger charge is -2.15. The summed E-state index contributed by atoms with van der Waals surface area (Å²) in [6, 6.07) is 3.94. The van der Waals surface area contributed by atoms with Crippen LogP contribution in [0, 0.1) is 11.6 Å². The van der Waals surface area contributed by atoms with Crippen molar-refractivity contribution in [2.75, 3.05) is 18.6 Å². The molecule has 1 rings (SSSR count). The average Bonchev–Trinajstić information content (AvgIpc) is 2.22. The summed E-state index contributed by atoms with van der Waals surface area (Å²) in [7, 11) is 1.87. The van der Waals surface area contributed by atoms with Crippen molar-refractivity contribution < 1.29 is 8.78 Å². The normalized spacial score (nSPS) is 12.8. The minimum atomic E-state index is -0.506. The van der Waals surface area contributed by atoms with Gasteiger partial charge in [0.25, 0.3) is 0 Å². The van der Waals surface area contributed by atoms with Gasteiger partial charge in [-0.2, -0.15) is 11.8 Å². The number of benzene rings is 1. The second-order valence-corrected chi connectivity index (χ2v) is 4.95. The zero-order valence-electron chi connectivity index (χ0n) is 9.59. The topological polar surface area (TPSA) is 12.0 Å². The molecular weight excluding hydrogens is 228 g/mol. The first kappa shape index (κ1) is 13.5. The highest BCUT2D eigenvalue weighted by Crippen LogP contribution is 2.12. The van der Waals surface area contributed by atoms with Crippen LogP contribution in [0.3, 0.4) is 0 Å². The third-order valence-corrected chi connectivity index (χ3v) is 3.38. The summed E-state index contributed by atoms with van der Waals surface area (Å²) in [5.41, 5.74) is 0.702. The first-order valence-corrected chi connectivity index (χ1v) is 6.51. The van der Waals surface area contributed by atoms with Gasteiger partial charge in [0.1, 0.15) is 11.6 Å². The zero-order valence-corrected chi connectivity index (χ0v) is 10.4. The molecule has 1 unspecified atom stereocenters. The summed E-state index contributed by atoms with van der Waals surface area (Å²) in [5, 5.41) is 3.16. The average molecular weight is 245 g/mol. The fraction of sp³-hybridized carbons (Fsp3) is 0.500. The van der Waals surface area contributed by atoms with E-state index < -0.39 is 11.6 Å². The molecule has 0 saturated heterocycles. The molecule has 0 fully saturated rings. The highest BCUT2D eigenvalue weighted by molar-refractivity contribution is 7.99. The predicted molar refractivity (Wildman–Crippen MR) is 65.9 cm³/mol. The van der Waals surface area contributed by atoms with Crippen LogP contribution in [0.1, 0.15) is 12.5 Å². The second kappa shape index (κ2) is 6.86. The van der Waals surface area contributed by atoms with Crippen LogP contribution < -0.4 is 5.32 Å². The van der Waals surface area contributed by atoms with E-state index in [0.29, 0.717) is 12.0 Å². The monoisotopic (exact) mass is 245 g/mol. The Morgan fingerprint density at radius 2 is 1.88 bits per heavy atom. The van der Waals surface area contributed by atoms with Gasteiger partial charge in [0.2, 0.25) is 0 Å².